The Hall–Kier alpha value is -2.80. The van der Waals surface area contributed by atoms with Gasteiger partial charge in [-0.3, -0.25) is 4.79 Å². The summed E-state index contributed by atoms with van der Waals surface area (Å²) < 4.78 is 5.51. The number of benzene rings is 2. The first-order valence-electron chi connectivity index (χ1n) is 7.71. The van der Waals surface area contributed by atoms with Crippen LogP contribution in [0.5, 0.6) is 5.75 Å². The molecule has 4 nitrogen and oxygen atoms in total. The molecule has 0 saturated carbocycles. The van der Waals surface area contributed by atoms with E-state index in [4.69, 9.17) is 10.00 Å². The molecule has 1 aliphatic rings. The van der Waals surface area contributed by atoms with Gasteiger partial charge >= 0.3 is 0 Å². The van der Waals surface area contributed by atoms with Crippen LogP contribution in [0.3, 0.4) is 0 Å². The Morgan fingerprint density at radius 1 is 1.30 bits per heavy atom. The maximum absolute atomic E-state index is 12.2. The zero-order chi connectivity index (χ0) is 16.2. The van der Waals surface area contributed by atoms with Gasteiger partial charge in [0.2, 0.25) is 0 Å². The van der Waals surface area contributed by atoms with Crippen molar-refractivity contribution in [3.8, 4) is 11.8 Å². The molecule has 0 radical (unpaired) electrons. The molecular formula is C19H18N2O2. The van der Waals surface area contributed by atoms with Gasteiger partial charge in [0.1, 0.15) is 5.75 Å². The van der Waals surface area contributed by atoms with Crippen LogP contribution < -0.4 is 10.1 Å². The van der Waals surface area contributed by atoms with Crippen LogP contribution in [0.15, 0.2) is 42.5 Å². The largest absolute Gasteiger partial charge is 0.493 e. The van der Waals surface area contributed by atoms with Crippen molar-refractivity contribution in [1.29, 1.82) is 5.26 Å². The van der Waals surface area contributed by atoms with Gasteiger partial charge < -0.3 is 10.1 Å². The first-order chi connectivity index (χ1) is 11.2. The topological polar surface area (TPSA) is 62.1 Å². The third-order valence-electron chi connectivity index (χ3n) is 3.95. The van der Waals surface area contributed by atoms with Crippen molar-refractivity contribution in [1.82, 2.24) is 5.32 Å². The number of nitrogens with zero attached hydrogens (tertiary/aromatic N) is 1. The molecule has 1 aliphatic heterocycles. The lowest BCUT2D eigenvalue weighted by atomic mass is 10.0. The first-order valence-corrected chi connectivity index (χ1v) is 7.71. The smallest absolute Gasteiger partial charge is 0.251 e. The van der Waals surface area contributed by atoms with E-state index in [1.165, 1.54) is 11.1 Å². The van der Waals surface area contributed by atoms with Crippen molar-refractivity contribution < 1.29 is 9.53 Å². The van der Waals surface area contributed by atoms with Crippen molar-refractivity contribution in [3.63, 3.8) is 0 Å². The Labute approximate surface area is 135 Å². The van der Waals surface area contributed by atoms with Gasteiger partial charge in [-0.15, -0.1) is 0 Å². The minimum atomic E-state index is -0.119. The molecule has 0 fully saturated rings. The molecule has 1 heterocycles. The van der Waals surface area contributed by atoms with E-state index in [0.29, 0.717) is 11.1 Å². The molecule has 1 N–H and O–H groups in total. The summed E-state index contributed by atoms with van der Waals surface area (Å²) in [5.74, 6) is 0.856. The summed E-state index contributed by atoms with van der Waals surface area (Å²) in [7, 11) is 0. The number of nitrogens with one attached hydrogen (secondary N) is 1. The molecule has 1 unspecified atom stereocenters. The predicted molar refractivity (Wildman–Crippen MR) is 87.4 cm³/mol. The minimum Gasteiger partial charge on any atom is -0.493 e. The summed E-state index contributed by atoms with van der Waals surface area (Å²) in [6.45, 7) is 2.75. The molecule has 2 aromatic carbocycles. The van der Waals surface area contributed by atoms with Gasteiger partial charge in [-0.05, 0) is 54.8 Å². The highest BCUT2D eigenvalue weighted by Crippen LogP contribution is 2.26. The maximum Gasteiger partial charge on any atom is 0.251 e. The molecule has 4 heteroatoms. The number of ether oxygens (including phenoxy) is 1. The van der Waals surface area contributed by atoms with E-state index in [-0.39, 0.29) is 11.9 Å². The van der Waals surface area contributed by atoms with Crippen LogP contribution in [-0.4, -0.2) is 18.6 Å². The molecule has 0 aliphatic carbocycles. The molecule has 0 bridgehead atoms. The van der Waals surface area contributed by atoms with Crippen molar-refractivity contribution in [2.45, 2.75) is 25.8 Å². The van der Waals surface area contributed by atoms with Gasteiger partial charge in [-0.25, -0.2) is 0 Å². The summed E-state index contributed by atoms with van der Waals surface area (Å²) in [5, 5.41) is 11.8. The molecule has 0 spiro atoms. The number of hydrogen-bond acceptors (Lipinski definition) is 3. The first kappa shape index (κ1) is 15.1. The Kier molecular flexibility index (Phi) is 4.29. The quantitative estimate of drug-likeness (QED) is 0.944. The van der Waals surface area contributed by atoms with Gasteiger partial charge in [0.05, 0.1) is 18.2 Å². The van der Waals surface area contributed by atoms with E-state index in [1.807, 2.05) is 19.1 Å². The predicted octanol–water partition coefficient (Wildman–Crippen LogP) is 2.85. The van der Waals surface area contributed by atoms with E-state index in [1.54, 1.807) is 24.3 Å². The van der Waals surface area contributed by atoms with Crippen LogP contribution in [0, 0.1) is 11.3 Å². The minimum absolute atomic E-state index is 0.0264. The molecule has 1 amide bonds. The van der Waals surface area contributed by atoms with E-state index in [0.717, 1.165) is 25.2 Å². The Morgan fingerprint density at radius 2 is 2.09 bits per heavy atom. The number of carbonyl (C=O) groups excluding carboxylic acids is 1. The highest BCUT2D eigenvalue weighted by Gasteiger charge is 2.14. The highest BCUT2D eigenvalue weighted by atomic mass is 16.5. The second kappa shape index (κ2) is 6.53. The summed E-state index contributed by atoms with van der Waals surface area (Å²) in [4.78, 5) is 12.2. The van der Waals surface area contributed by atoms with Crippen LogP contribution in [-0.2, 0) is 12.8 Å². The van der Waals surface area contributed by atoms with Gasteiger partial charge in [-0.1, -0.05) is 12.1 Å². The number of rotatable bonds is 4. The van der Waals surface area contributed by atoms with Gasteiger partial charge in [0, 0.05) is 18.0 Å². The Bertz CT molecular complexity index is 760. The molecule has 0 aromatic heterocycles. The standard InChI is InChI=1S/C19H18N2O2/c1-13(10-15-4-7-18-17(11-15)8-9-23-18)21-19(22)16-5-2-14(12-20)3-6-16/h2-7,11,13H,8-10H2,1H3,(H,21,22). The van der Waals surface area contributed by atoms with Crippen LogP contribution in [0.1, 0.15) is 34.0 Å². The van der Waals surface area contributed by atoms with E-state index in [2.05, 4.69) is 17.4 Å². The van der Waals surface area contributed by atoms with Gasteiger partial charge in [0.25, 0.3) is 5.91 Å². The van der Waals surface area contributed by atoms with Crippen molar-refractivity contribution in [2.24, 2.45) is 0 Å². The van der Waals surface area contributed by atoms with Crippen LogP contribution in [0.25, 0.3) is 0 Å². The number of fused-ring (bicyclic) bond motifs is 1. The lowest BCUT2D eigenvalue weighted by Crippen LogP contribution is -2.34. The fourth-order valence-corrected chi connectivity index (χ4v) is 2.77. The van der Waals surface area contributed by atoms with E-state index in [9.17, 15) is 4.79 Å². The van der Waals surface area contributed by atoms with Crippen LogP contribution in [0.2, 0.25) is 0 Å². The average Bonchev–Trinajstić information content (AvgIpc) is 3.02. The lowest BCUT2D eigenvalue weighted by molar-refractivity contribution is 0.0940. The molecule has 116 valence electrons. The summed E-state index contributed by atoms with van der Waals surface area (Å²) >= 11 is 0. The van der Waals surface area contributed by atoms with Crippen molar-refractivity contribution in [2.75, 3.05) is 6.61 Å². The normalized spacial score (nSPS) is 13.6. The SMILES string of the molecule is CC(Cc1ccc2c(c1)CCO2)NC(=O)c1ccc(C#N)cc1. The fourth-order valence-electron chi connectivity index (χ4n) is 2.77. The second-order valence-corrected chi connectivity index (χ2v) is 5.81. The highest BCUT2D eigenvalue weighted by molar-refractivity contribution is 5.94. The average molecular weight is 306 g/mol. The van der Waals surface area contributed by atoms with E-state index < -0.39 is 0 Å². The van der Waals surface area contributed by atoms with Crippen molar-refractivity contribution >= 4 is 5.91 Å². The zero-order valence-electron chi connectivity index (χ0n) is 13.0. The van der Waals surface area contributed by atoms with Crippen LogP contribution >= 0.6 is 0 Å². The third-order valence-corrected chi connectivity index (χ3v) is 3.95. The molecule has 2 aromatic rings. The summed E-state index contributed by atoms with van der Waals surface area (Å²) in [6, 6.07) is 14.9. The molecular weight excluding hydrogens is 288 g/mol. The summed E-state index contributed by atoms with van der Waals surface area (Å²) in [5.41, 5.74) is 3.56. The van der Waals surface area contributed by atoms with Crippen molar-refractivity contribution in [3.05, 3.63) is 64.7 Å². The van der Waals surface area contributed by atoms with Gasteiger partial charge in [-0.2, -0.15) is 5.26 Å². The number of hydrogen-bond donors (Lipinski definition) is 1. The van der Waals surface area contributed by atoms with Crippen LogP contribution in [0.4, 0.5) is 0 Å². The Balaban J connectivity index is 1.61. The maximum atomic E-state index is 12.2. The lowest BCUT2D eigenvalue weighted by Gasteiger charge is -2.14. The molecule has 1 atom stereocenters. The molecule has 3 rings (SSSR count). The second-order valence-electron chi connectivity index (χ2n) is 5.81. The number of amides is 1. The number of carbonyl (C=O) groups is 1. The zero-order valence-corrected chi connectivity index (χ0v) is 13.0. The van der Waals surface area contributed by atoms with E-state index >= 15 is 0 Å². The molecule has 0 saturated heterocycles. The molecule has 23 heavy (non-hydrogen) atoms. The van der Waals surface area contributed by atoms with Gasteiger partial charge in [0.15, 0.2) is 0 Å². The fraction of sp³-hybridized carbons (Fsp3) is 0.263. The summed E-state index contributed by atoms with van der Waals surface area (Å²) in [6.07, 6.45) is 1.73. The number of nitriles is 1. The Morgan fingerprint density at radius 3 is 2.83 bits per heavy atom. The monoisotopic (exact) mass is 306 g/mol. The third kappa shape index (κ3) is 3.51.